The molecule has 1 aromatic heterocycles. The summed E-state index contributed by atoms with van der Waals surface area (Å²) in [4.78, 5) is 0. The Hall–Kier alpha value is -4.86. The third-order valence-electron chi connectivity index (χ3n) is 8.53. The van der Waals surface area contributed by atoms with Gasteiger partial charge in [-0.05, 0) is 58.7 Å². The van der Waals surface area contributed by atoms with E-state index in [0.717, 1.165) is 22.9 Å². The smallest absolute Gasteiger partial charge is 0.132 e. The normalized spacial score (nSPS) is 13.9. The van der Waals surface area contributed by atoms with E-state index < -0.39 is 5.41 Å². The summed E-state index contributed by atoms with van der Waals surface area (Å²) in [5, 5.41) is 6.39. The van der Waals surface area contributed by atoms with Crippen molar-refractivity contribution in [2.75, 3.05) is 5.32 Å². The Bertz CT molecular complexity index is 2090. The molecule has 3 heteroatoms. The molecule has 0 bridgehead atoms. The van der Waals surface area contributed by atoms with Crippen molar-refractivity contribution in [3.8, 4) is 22.6 Å². The summed E-state index contributed by atoms with van der Waals surface area (Å²) in [6.07, 6.45) is 0. The molecular weight excluding hydrogens is 506 g/mol. The molecule has 40 heavy (non-hydrogen) atoms. The molecule has 2 nitrogen and oxygen atoms in total. The van der Waals surface area contributed by atoms with Crippen molar-refractivity contribution in [1.82, 2.24) is 0 Å². The van der Waals surface area contributed by atoms with Crippen molar-refractivity contribution in [3.05, 3.63) is 156 Å². The molecular formula is C37H23NOS. The minimum atomic E-state index is -0.429. The maximum atomic E-state index is 6.45. The van der Waals surface area contributed by atoms with Crippen LogP contribution in [0.5, 0.6) is 11.5 Å². The Morgan fingerprint density at radius 2 is 1.18 bits per heavy atom. The molecule has 0 radical (unpaired) electrons. The van der Waals surface area contributed by atoms with Crippen LogP contribution in [0, 0.1) is 0 Å². The number of nitrogens with one attached hydrogen (secondary N) is 1. The van der Waals surface area contributed by atoms with E-state index in [1.165, 1.54) is 53.6 Å². The summed E-state index contributed by atoms with van der Waals surface area (Å²) in [7, 11) is 0. The van der Waals surface area contributed by atoms with E-state index in [-0.39, 0.29) is 0 Å². The number of thiophene rings is 1. The van der Waals surface area contributed by atoms with Gasteiger partial charge in [0.05, 0.1) is 15.8 Å². The van der Waals surface area contributed by atoms with Gasteiger partial charge in [-0.15, -0.1) is 11.3 Å². The molecule has 6 aromatic carbocycles. The molecule has 2 aliphatic rings. The van der Waals surface area contributed by atoms with Crippen LogP contribution in [0.3, 0.4) is 0 Å². The Balaban J connectivity index is 1.27. The lowest BCUT2D eigenvalue weighted by molar-refractivity contribution is 0.436. The molecule has 0 fully saturated rings. The fraction of sp³-hybridized carbons (Fsp3) is 0.0270. The molecule has 7 aromatic rings. The van der Waals surface area contributed by atoms with Crippen LogP contribution in [0.1, 0.15) is 22.3 Å². The minimum absolute atomic E-state index is 0.429. The van der Waals surface area contributed by atoms with Gasteiger partial charge in [0.25, 0.3) is 0 Å². The second kappa shape index (κ2) is 8.08. The summed E-state index contributed by atoms with van der Waals surface area (Å²) in [5.74, 6) is 1.84. The summed E-state index contributed by atoms with van der Waals surface area (Å²) < 4.78 is 9.05. The van der Waals surface area contributed by atoms with E-state index >= 15 is 0 Å². The average Bonchev–Trinajstić information content (AvgIpc) is 3.53. The zero-order chi connectivity index (χ0) is 26.3. The molecule has 0 unspecified atom stereocenters. The molecule has 1 spiro atoms. The van der Waals surface area contributed by atoms with E-state index in [1.807, 2.05) is 11.3 Å². The van der Waals surface area contributed by atoms with Crippen molar-refractivity contribution in [1.29, 1.82) is 0 Å². The van der Waals surface area contributed by atoms with Crippen LogP contribution in [0.2, 0.25) is 0 Å². The SMILES string of the molecule is c1ccc2c(c1)Oc1ccccc1C21c2ccccc2-c2cc(Nc3cccc4c3sc3ccccc34)ccc21. The maximum Gasteiger partial charge on any atom is 0.132 e. The number of hydrogen-bond acceptors (Lipinski definition) is 3. The fourth-order valence-corrected chi connectivity index (χ4v) is 8.11. The van der Waals surface area contributed by atoms with Crippen molar-refractivity contribution < 1.29 is 4.74 Å². The lowest BCUT2D eigenvalue weighted by Crippen LogP contribution is -2.32. The van der Waals surface area contributed by atoms with E-state index in [9.17, 15) is 0 Å². The van der Waals surface area contributed by atoms with Gasteiger partial charge in [-0.2, -0.15) is 0 Å². The standard InChI is InChI=1S/C37H23NOS/c1-3-13-28-24(10-1)27-22-23(38-32-16-9-12-26-25-11-2-8-19-35(25)40-36(26)32)20-21-29(27)37(28)30-14-4-6-17-33(30)39-34-18-7-5-15-31(34)37/h1-22,38H. The van der Waals surface area contributed by atoms with Crippen LogP contribution in [-0.4, -0.2) is 0 Å². The second-order valence-corrected chi connectivity index (χ2v) is 11.6. The number of benzene rings is 6. The largest absolute Gasteiger partial charge is 0.457 e. The zero-order valence-electron chi connectivity index (χ0n) is 21.5. The van der Waals surface area contributed by atoms with Gasteiger partial charge < -0.3 is 10.1 Å². The highest BCUT2D eigenvalue weighted by molar-refractivity contribution is 7.26. The first-order valence-electron chi connectivity index (χ1n) is 13.6. The van der Waals surface area contributed by atoms with Gasteiger partial charge in [-0.25, -0.2) is 0 Å². The minimum Gasteiger partial charge on any atom is -0.457 e. The molecule has 0 saturated heterocycles. The second-order valence-electron chi connectivity index (χ2n) is 10.6. The van der Waals surface area contributed by atoms with Crippen molar-refractivity contribution in [2.45, 2.75) is 5.41 Å². The van der Waals surface area contributed by atoms with Crippen LogP contribution in [0.15, 0.2) is 133 Å². The van der Waals surface area contributed by atoms with E-state index in [0.29, 0.717) is 0 Å². The maximum absolute atomic E-state index is 6.45. The van der Waals surface area contributed by atoms with Gasteiger partial charge in [0, 0.05) is 32.3 Å². The molecule has 1 aliphatic heterocycles. The van der Waals surface area contributed by atoms with Gasteiger partial charge in [0.1, 0.15) is 11.5 Å². The van der Waals surface area contributed by atoms with Gasteiger partial charge >= 0.3 is 0 Å². The number of fused-ring (bicyclic) bond motifs is 12. The van der Waals surface area contributed by atoms with Crippen LogP contribution in [0.4, 0.5) is 11.4 Å². The molecule has 0 saturated carbocycles. The Kier molecular flexibility index (Phi) is 4.44. The first-order chi connectivity index (χ1) is 19.8. The van der Waals surface area contributed by atoms with Crippen LogP contribution in [-0.2, 0) is 5.41 Å². The van der Waals surface area contributed by atoms with Gasteiger partial charge in [0.15, 0.2) is 0 Å². The Morgan fingerprint density at radius 3 is 2.00 bits per heavy atom. The third kappa shape index (κ3) is 2.82. The predicted molar refractivity (Wildman–Crippen MR) is 166 cm³/mol. The van der Waals surface area contributed by atoms with Crippen molar-refractivity contribution in [3.63, 3.8) is 0 Å². The molecule has 0 amide bonds. The van der Waals surface area contributed by atoms with Crippen LogP contribution >= 0.6 is 11.3 Å². The topological polar surface area (TPSA) is 21.3 Å². The first-order valence-corrected chi connectivity index (χ1v) is 14.4. The molecule has 188 valence electrons. The Morgan fingerprint density at radius 1 is 0.525 bits per heavy atom. The lowest BCUT2D eigenvalue weighted by atomic mass is 9.66. The molecule has 1 N–H and O–H groups in total. The fourth-order valence-electron chi connectivity index (χ4n) is 6.94. The highest BCUT2D eigenvalue weighted by Crippen LogP contribution is 2.62. The molecule has 1 aliphatic carbocycles. The Labute approximate surface area is 236 Å². The van der Waals surface area contributed by atoms with Gasteiger partial charge in [-0.3, -0.25) is 0 Å². The quantitative estimate of drug-likeness (QED) is 0.240. The van der Waals surface area contributed by atoms with Gasteiger partial charge in [-0.1, -0.05) is 97.1 Å². The number of hydrogen-bond donors (Lipinski definition) is 1. The molecule has 2 heterocycles. The zero-order valence-corrected chi connectivity index (χ0v) is 22.3. The molecule has 0 atom stereocenters. The average molecular weight is 530 g/mol. The summed E-state index contributed by atoms with van der Waals surface area (Å²) in [6, 6.07) is 48.0. The monoisotopic (exact) mass is 529 g/mol. The number of ether oxygens (including phenoxy) is 1. The van der Waals surface area contributed by atoms with Crippen molar-refractivity contribution >= 4 is 42.9 Å². The first kappa shape index (κ1) is 22.0. The highest BCUT2D eigenvalue weighted by Gasteiger charge is 2.50. The summed E-state index contributed by atoms with van der Waals surface area (Å²) in [6.45, 7) is 0. The lowest BCUT2D eigenvalue weighted by Gasteiger charge is -2.39. The number of para-hydroxylation sites is 2. The summed E-state index contributed by atoms with van der Waals surface area (Å²) in [5.41, 5.74) is 9.31. The number of rotatable bonds is 2. The number of anilines is 2. The van der Waals surface area contributed by atoms with E-state index in [4.69, 9.17) is 4.74 Å². The molecule has 9 rings (SSSR count). The van der Waals surface area contributed by atoms with Gasteiger partial charge in [0.2, 0.25) is 0 Å². The van der Waals surface area contributed by atoms with Crippen LogP contribution in [0.25, 0.3) is 31.3 Å². The predicted octanol–water partition coefficient (Wildman–Crippen LogP) is 10.3. The van der Waals surface area contributed by atoms with Crippen molar-refractivity contribution in [2.24, 2.45) is 0 Å². The van der Waals surface area contributed by atoms with E-state index in [2.05, 4.69) is 139 Å². The highest BCUT2D eigenvalue weighted by atomic mass is 32.1. The van der Waals surface area contributed by atoms with E-state index in [1.54, 1.807) is 0 Å². The summed E-state index contributed by atoms with van der Waals surface area (Å²) >= 11 is 1.85. The van der Waals surface area contributed by atoms with Crippen LogP contribution < -0.4 is 10.1 Å². The third-order valence-corrected chi connectivity index (χ3v) is 9.75.